The minimum absolute atomic E-state index is 0.142. The maximum atomic E-state index is 13.9. The predicted molar refractivity (Wildman–Crippen MR) is 124 cm³/mol. The van der Waals surface area contributed by atoms with Crippen molar-refractivity contribution in [1.82, 2.24) is 15.5 Å². The van der Waals surface area contributed by atoms with Crippen molar-refractivity contribution in [3.63, 3.8) is 0 Å². The second kappa shape index (κ2) is 10.2. The fraction of sp³-hybridized carbons (Fsp3) is 0.360. The lowest BCUT2D eigenvalue weighted by Crippen LogP contribution is -2.51. The van der Waals surface area contributed by atoms with Gasteiger partial charge in [-0.15, -0.1) is 0 Å². The number of ether oxygens (including phenoxy) is 1. The molecule has 2 aliphatic rings. The smallest absolute Gasteiger partial charge is 0.338 e. The molecule has 0 saturated carbocycles. The third-order valence-corrected chi connectivity index (χ3v) is 6.05. The van der Waals surface area contributed by atoms with Gasteiger partial charge in [0.2, 0.25) is 0 Å². The molecule has 0 unspecified atom stereocenters. The zero-order chi connectivity index (χ0) is 24.2. The molecule has 9 heteroatoms. The van der Waals surface area contributed by atoms with Crippen LogP contribution >= 0.6 is 0 Å². The highest BCUT2D eigenvalue weighted by Crippen LogP contribution is 2.29. The molecule has 2 aliphatic heterocycles. The van der Waals surface area contributed by atoms with E-state index >= 15 is 0 Å². The summed E-state index contributed by atoms with van der Waals surface area (Å²) in [5.41, 5.74) is 3.22. The van der Waals surface area contributed by atoms with E-state index in [0.29, 0.717) is 12.2 Å². The molecular weight excluding hydrogens is 442 g/mol. The van der Waals surface area contributed by atoms with Crippen molar-refractivity contribution in [2.24, 2.45) is 0 Å². The first-order valence-corrected chi connectivity index (χ1v) is 11.3. The van der Waals surface area contributed by atoms with E-state index in [-0.39, 0.29) is 17.7 Å². The number of esters is 1. The molecule has 0 radical (unpaired) electrons. The molecule has 2 N–H and O–H groups in total. The van der Waals surface area contributed by atoms with Crippen LogP contribution in [0.2, 0.25) is 0 Å². The number of hydrogen-bond acceptors (Lipinski definition) is 5. The second-order valence-corrected chi connectivity index (χ2v) is 8.42. The summed E-state index contributed by atoms with van der Waals surface area (Å²) < 4.78 is 32.7. The van der Waals surface area contributed by atoms with Crippen LogP contribution in [0.5, 0.6) is 0 Å². The van der Waals surface area contributed by atoms with Crippen molar-refractivity contribution < 1.29 is 23.1 Å². The zero-order valence-corrected chi connectivity index (χ0v) is 19.2. The highest BCUT2D eigenvalue weighted by molar-refractivity contribution is 5.95. The van der Waals surface area contributed by atoms with Crippen LogP contribution < -0.4 is 15.5 Å². The number of hydrogen-bond donors (Lipinski definition) is 2. The van der Waals surface area contributed by atoms with Gasteiger partial charge < -0.3 is 20.3 Å². The number of nitrogens with zero attached hydrogens (tertiary/aromatic N) is 2. The number of carbonyl (C=O) groups is 2. The van der Waals surface area contributed by atoms with Crippen molar-refractivity contribution in [2.75, 3.05) is 44.2 Å². The first kappa shape index (κ1) is 23.7. The Morgan fingerprint density at radius 1 is 1.09 bits per heavy atom. The number of rotatable bonds is 6. The molecule has 0 aromatic heterocycles. The molecule has 4 rings (SSSR count). The topological polar surface area (TPSA) is 73.9 Å². The van der Waals surface area contributed by atoms with Gasteiger partial charge in [-0.3, -0.25) is 4.90 Å². The Balaban J connectivity index is 1.57. The normalized spacial score (nSPS) is 19.0. The highest BCUT2D eigenvalue weighted by Gasteiger charge is 2.35. The van der Waals surface area contributed by atoms with Crippen LogP contribution in [0.25, 0.3) is 0 Å². The van der Waals surface area contributed by atoms with Gasteiger partial charge in [-0.1, -0.05) is 18.2 Å². The van der Waals surface area contributed by atoms with Crippen molar-refractivity contribution in [2.45, 2.75) is 19.9 Å². The molecule has 2 aromatic carbocycles. The van der Waals surface area contributed by atoms with Crippen LogP contribution in [0.1, 0.15) is 24.1 Å². The number of benzene rings is 2. The Labute approximate surface area is 197 Å². The van der Waals surface area contributed by atoms with Crippen LogP contribution in [0.15, 0.2) is 53.7 Å². The molecule has 34 heavy (non-hydrogen) atoms. The fourth-order valence-electron chi connectivity index (χ4n) is 4.35. The monoisotopic (exact) mass is 470 g/mol. The van der Waals surface area contributed by atoms with E-state index in [4.69, 9.17) is 4.74 Å². The molecule has 2 aromatic rings. The Morgan fingerprint density at radius 2 is 1.85 bits per heavy atom. The summed E-state index contributed by atoms with van der Waals surface area (Å²) in [6.45, 7) is 7.26. The molecule has 180 valence electrons. The molecule has 2 heterocycles. The van der Waals surface area contributed by atoms with E-state index in [1.807, 2.05) is 6.07 Å². The van der Waals surface area contributed by atoms with E-state index in [1.165, 1.54) is 17.3 Å². The van der Waals surface area contributed by atoms with E-state index in [1.54, 1.807) is 6.92 Å². The molecular formula is C25H28F2N4O3. The Bertz CT molecular complexity index is 1110. The molecule has 1 fully saturated rings. The summed E-state index contributed by atoms with van der Waals surface area (Å²) in [4.78, 5) is 29.8. The van der Waals surface area contributed by atoms with Crippen LogP contribution in [-0.2, 0) is 9.53 Å². The molecule has 0 aliphatic carbocycles. The summed E-state index contributed by atoms with van der Waals surface area (Å²) >= 11 is 0. The van der Waals surface area contributed by atoms with Crippen molar-refractivity contribution in [3.8, 4) is 0 Å². The average Bonchev–Trinajstić information content (AvgIpc) is 2.81. The molecule has 2 amide bonds. The van der Waals surface area contributed by atoms with Gasteiger partial charge in [0.1, 0.15) is 0 Å². The van der Waals surface area contributed by atoms with E-state index in [9.17, 15) is 18.4 Å². The molecule has 0 spiro atoms. The number of piperazine rings is 1. The number of anilines is 1. The first-order chi connectivity index (χ1) is 16.4. The Morgan fingerprint density at radius 3 is 2.53 bits per heavy atom. The quantitative estimate of drug-likeness (QED) is 0.634. The van der Waals surface area contributed by atoms with Gasteiger partial charge >= 0.3 is 12.0 Å². The summed E-state index contributed by atoms with van der Waals surface area (Å²) in [6.07, 6.45) is 0. The average molecular weight is 471 g/mol. The number of aryl methyl sites for hydroxylation is 1. The Hall–Kier alpha value is -3.46. The third-order valence-electron chi connectivity index (χ3n) is 6.05. The molecule has 7 nitrogen and oxygen atoms in total. The van der Waals surface area contributed by atoms with Gasteiger partial charge in [0.25, 0.3) is 0 Å². The number of urea groups is 1. The van der Waals surface area contributed by atoms with Crippen LogP contribution in [0.4, 0.5) is 19.3 Å². The largest absolute Gasteiger partial charge is 0.463 e. The number of halogens is 2. The number of amides is 2. The maximum Gasteiger partial charge on any atom is 0.338 e. The summed E-state index contributed by atoms with van der Waals surface area (Å²) in [5.74, 6) is -2.67. The van der Waals surface area contributed by atoms with E-state index in [2.05, 4.69) is 45.6 Å². The van der Waals surface area contributed by atoms with Crippen molar-refractivity contribution in [1.29, 1.82) is 0 Å². The lowest BCUT2D eigenvalue weighted by molar-refractivity contribution is -0.139. The SMILES string of the molecule is CCOC(=O)C1=C(CN2CCN(c3cccc(C)c3)CC2)NC(=O)N[C@@H]1c1ccc(F)c(F)c1. The van der Waals surface area contributed by atoms with Crippen molar-refractivity contribution >= 4 is 17.7 Å². The Kier molecular flexibility index (Phi) is 7.12. The second-order valence-electron chi connectivity index (χ2n) is 8.42. The standard InChI is InChI=1S/C25H28F2N4O3/c1-3-34-24(32)22-21(28-25(33)29-23(22)17-7-8-19(26)20(27)14-17)15-30-9-11-31(12-10-30)18-6-4-5-16(2)13-18/h4-8,13-14,23H,3,9-12,15H2,1-2H3,(H2,28,29,33)/t23-/m1/s1. The van der Waals surface area contributed by atoms with E-state index < -0.39 is 29.7 Å². The lowest BCUT2D eigenvalue weighted by Gasteiger charge is -2.38. The van der Waals surface area contributed by atoms with Crippen molar-refractivity contribution in [3.05, 3.63) is 76.5 Å². The summed E-state index contributed by atoms with van der Waals surface area (Å²) in [7, 11) is 0. The molecule has 1 atom stereocenters. The van der Waals surface area contributed by atoms with Gasteiger partial charge in [-0.25, -0.2) is 18.4 Å². The van der Waals surface area contributed by atoms with Gasteiger partial charge in [-0.2, -0.15) is 0 Å². The maximum absolute atomic E-state index is 13.9. The fourth-order valence-corrected chi connectivity index (χ4v) is 4.35. The third kappa shape index (κ3) is 5.20. The minimum Gasteiger partial charge on any atom is -0.463 e. The summed E-state index contributed by atoms with van der Waals surface area (Å²) in [6, 6.07) is 10.2. The van der Waals surface area contributed by atoms with Crippen LogP contribution in [-0.4, -0.2) is 56.2 Å². The minimum atomic E-state index is -1.05. The molecule has 0 bridgehead atoms. The summed E-state index contributed by atoms with van der Waals surface area (Å²) in [5, 5.41) is 5.38. The van der Waals surface area contributed by atoms with Gasteiger partial charge in [-0.05, 0) is 49.2 Å². The van der Waals surface area contributed by atoms with Crippen LogP contribution in [0.3, 0.4) is 0 Å². The van der Waals surface area contributed by atoms with Gasteiger partial charge in [0.15, 0.2) is 11.6 Å². The van der Waals surface area contributed by atoms with Crippen LogP contribution in [0, 0.1) is 18.6 Å². The molecule has 1 saturated heterocycles. The van der Waals surface area contributed by atoms with E-state index in [0.717, 1.165) is 38.3 Å². The highest BCUT2D eigenvalue weighted by atomic mass is 19.2. The first-order valence-electron chi connectivity index (χ1n) is 11.3. The van der Waals surface area contributed by atoms with Gasteiger partial charge in [0.05, 0.1) is 18.2 Å². The predicted octanol–water partition coefficient (Wildman–Crippen LogP) is 3.27. The number of carbonyl (C=O) groups excluding carboxylic acids is 2. The number of nitrogens with one attached hydrogen (secondary N) is 2. The zero-order valence-electron chi connectivity index (χ0n) is 19.2. The lowest BCUT2D eigenvalue weighted by atomic mass is 9.94. The van der Waals surface area contributed by atoms with Gasteiger partial charge in [0, 0.05) is 44.1 Å².